The summed E-state index contributed by atoms with van der Waals surface area (Å²) in [6.45, 7) is 1.67. The highest BCUT2D eigenvalue weighted by Crippen LogP contribution is 2.38. The maximum absolute atomic E-state index is 11.7. The summed E-state index contributed by atoms with van der Waals surface area (Å²) >= 11 is 7.53. The molecule has 2 aromatic rings. The second kappa shape index (κ2) is 5.27. The molecule has 0 radical (unpaired) electrons. The van der Waals surface area contributed by atoms with Crippen molar-refractivity contribution in [2.75, 3.05) is 0 Å². The molecule has 7 heteroatoms. The number of aromatic amines is 1. The lowest BCUT2D eigenvalue weighted by molar-refractivity contribution is 0.199. The molecule has 1 unspecified atom stereocenters. The number of hydrogen-bond acceptors (Lipinski definition) is 4. The molecule has 0 saturated heterocycles. The first-order chi connectivity index (χ1) is 9.56. The normalized spacial score (nSPS) is 16.4. The Bertz CT molecular complexity index is 691. The second-order valence-electron chi connectivity index (χ2n) is 4.87. The zero-order valence-electron chi connectivity index (χ0n) is 10.8. The Morgan fingerprint density at radius 3 is 2.90 bits per heavy atom. The minimum absolute atomic E-state index is 0.165. The van der Waals surface area contributed by atoms with Crippen molar-refractivity contribution in [3.8, 4) is 0 Å². The number of aromatic nitrogens is 3. The Hall–Kier alpha value is -1.24. The predicted molar refractivity (Wildman–Crippen MR) is 77.3 cm³/mol. The molecule has 1 saturated carbocycles. The summed E-state index contributed by atoms with van der Waals surface area (Å²) in [5.74, 6) is 0. The van der Waals surface area contributed by atoms with E-state index in [2.05, 4.69) is 10.2 Å². The third-order valence-corrected chi connectivity index (χ3v) is 4.50. The van der Waals surface area contributed by atoms with Gasteiger partial charge in [0, 0.05) is 16.0 Å². The van der Waals surface area contributed by atoms with Crippen LogP contribution in [0.2, 0.25) is 5.02 Å². The van der Waals surface area contributed by atoms with Crippen LogP contribution < -0.4 is 5.69 Å². The first-order valence-electron chi connectivity index (χ1n) is 6.38. The predicted octanol–water partition coefficient (Wildman–Crippen LogP) is 2.76. The lowest BCUT2D eigenvalue weighted by Gasteiger charge is -2.09. The zero-order valence-corrected chi connectivity index (χ0v) is 12.4. The van der Waals surface area contributed by atoms with Crippen molar-refractivity contribution < 1.29 is 5.11 Å². The zero-order chi connectivity index (χ0) is 14.3. The molecule has 2 N–H and O–H groups in total. The van der Waals surface area contributed by atoms with Crippen molar-refractivity contribution in [1.29, 1.82) is 0 Å². The molecule has 1 aliphatic carbocycles. The number of nitrogens with zero attached hydrogens (tertiary/aromatic N) is 2. The third kappa shape index (κ3) is 2.63. The number of H-pyrrole nitrogens is 1. The summed E-state index contributed by atoms with van der Waals surface area (Å²) in [4.78, 5) is 12.6. The Balaban J connectivity index is 1.88. The molecule has 1 atom stereocenters. The van der Waals surface area contributed by atoms with Gasteiger partial charge in [-0.15, -0.1) is 5.10 Å². The van der Waals surface area contributed by atoms with Gasteiger partial charge < -0.3 is 5.11 Å². The third-order valence-electron chi connectivity index (χ3n) is 3.22. The van der Waals surface area contributed by atoms with E-state index in [1.807, 2.05) is 6.07 Å². The molecular formula is C13H14ClN3O2S. The standard InChI is InChI=1S/C13H14ClN3O2S/c1-7(18)10-5-4-9(6-11(10)14)20-13-16-15-12(19)17(13)8-2-3-8/h4-8,18H,2-3H2,1H3,(H,15,19). The van der Waals surface area contributed by atoms with Gasteiger partial charge in [-0.05, 0) is 49.2 Å². The van der Waals surface area contributed by atoms with E-state index in [1.54, 1.807) is 23.6 Å². The van der Waals surface area contributed by atoms with Crippen LogP contribution in [0.25, 0.3) is 0 Å². The summed E-state index contributed by atoms with van der Waals surface area (Å²) < 4.78 is 1.70. The Morgan fingerprint density at radius 1 is 1.55 bits per heavy atom. The molecule has 0 spiro atoms. The molecule has 0 aliphatic heterocycles. The Morgan fingerprint density at radius 2 is 2.30 bits per heavy atom. The van der Waals surface area contributed by atoms with Crippen LogP contribution in [0.5, 0.6) is 0 Å². The van der Waals surface area contributed by atoms with Crippen LogP contribution in [0.15, 0.2) is 33.0 Å². The maximum atomic E-state index is 11.7. The number of aliphatic hydroxyl groups is 1. The smallest absolute Gasteiger partial charge is 0.344 e. The van der Waals surface area contributed by atoms with E-state index in [4.69, 9.17) is 11.6 Å². The number of hydrogen-bond donors (Lipinski definition) is 2. The van der Waals surface area contributed by atoms with Crippen molar-refractivity contribution in [1.82, 2.24) is 14.8 Å². The van der Waals surface area contributed by atoms with E-state index >= 15 is 0 Å². The maximum Gasteiger partial charge on any atom is 0.344 e. The fraction of sp³-hybridized carbons (Fsp3) is 0.385. The summed E-state index contributed by atoms with van der Waals surface area (Å²) in [6.07, 6.45) is 1.44. The van der Waals surface area contributed by atoms with Crippen molar-refractivity contribution in [2.45, 2.75) is 42.0 Å². The van der Waals surface area contributed by atoms with Gasteiger partial charge in [-0.3, -0.25) is 4.57 Å². The van der Waals surface area contributed by atoms with Crippen LogP contribution in [0.4, 0.5) is 0 Å². The van der Waals surface area contributed by atoms with Crippen LogP contribution in [0.3, 0.4) is 0 Å². The van der Waals surface area contributed by atoms with E-state index in [0.717, 1.165) is 17.7 Å². The number of halogens is 1. The molecule has 20 heavy (non-hydrogen) atoms. The molecule has 1 heterocycles. The average molecular weight is 312 g/mol. The van der Waals surface area contributed by atoms with E-state index in [1.165, 1.54) is 11.8 Å². The fourth-order valence-corrected chi connectivity index (χ4v) is 3.38. The lowest BCUT2D eigenvalue weighted by Crippen LogP contribution is -2.15. The molecule has 0 bridgehead atoms. The topological polar surface area (TPSA) is 70.9 Å². The van der Waals surface area contributed by atoms with Crippen LogP contribution >= 0.6 is 23.4 Å². The highest BCUT2D eigenvalue weighted by Gasteiger charge is 2.28. The van der Waals surface area contributed by atoms with Gasteiger partial charge >= 0.3 is 5.69 Å². The summed E-state index contributed by atoms with van der Waals surface area (Å²) in [7, 11) is 0. The van der Waals surface area contributed by atoms with Crippen LogP contribution in [-0.2, 0) is 0 Å². The Kier molecular flexibility index (Phi) is 3.62. The molecule has 106 valence electrons. The second-order valence-corrected chi connectivity index (χ2v) is 6.32. The number of rotatable bonds is 4. The molecule has 1 aromatic carbocycles. The highest BCUT2D eigenvalue weighted by atomic mass is 35.5. The van der Waals surface area contributed by atoms with Gasteiger partial charge in [0.1, 0.15) is 0 Å². The number of aliphatic hydroxyl groups excluding tert-OH is 1. The van der Waals surface area contributed by atoms with Gasteiger partial charge in [0.15, 0.2) is 5.16 Å². The van der Waals surface area contributed by atoms with Gasteiger partial charge in [0.2, 0.25) is 0 Å². The first kappa shape index (κ1) is 13.7. The molecule has 5 nitrogen and oxygen atoms in total. The van der Waals surface area contributed by atoms with E-state index < -0.39 is 6.10 Å². The van der Waals surface area contributed by atoms with Gasteiger partial charge in [0.25, 0.3) is 0 Å². The monoisotopic (exact) mass is 311 g/mol. The van der Waals surface area contributed by atoms with E-state index in [-0.39, 0.29) is 11.7 Å². The van der Waals surface area contributed by atoms with Crippen molar-refractivity contribution in [3.63, 3.8) is 0 Å². The average Bonchev–Trinajstić information content (AvgIpc) is 3.15. The van der Waals surface area contributed by atoms with Crippen LogP contribution in [0, 0.1) is 0 Å². The minimum atomic E-state index is -0.600. The largest absolute Gasteiger partial charge is 0.389 e. The van der Waals surface area contributed by atoms with Crippen molar-refractivity contribution in [2.24, 2.45) is 0 Å². The number of nitrogens with one attached hydrogen (secondary N) is 1. The molecule has 1 aliphatic rings. The lowest BCUT2D eigenvalue weighted by atomic mass is 10.1. The van der Waals surface area contributed by atoms with Crippen LogP contribution in [-0.4, -0.2) is 19.9 Å². The first-order valence-corrected chi connectivity index (χ1v) is 7.58. The molecule has 3 rings (SSSR count). The van der Waals surface area contributed by atoms with Crippen molar-refractivity contribution in [3.05, 3.63) is 39.3 Å². The quantitative estimate of drug-likeness (QED) is 0.911. The van der Waals surface area contributed by atoms with Crippen LogP contribution in [0.1, 0.15) is 37.5 Å². The SMILES string of the molecule is CC(O)c1ccc(Sc2n[nH]c(=O)n2C2CC2)cc1Cl. The van der Waals surface area contributed by atoms with Gasteiger partial charge in [-0.1, -0.05) is 17.7 Å². The molecule has 1 aromatic heterocycles. The van der Waals surface area contributed by atoms with Gasteiger partial charge in [0.05, 0.1) is 6.10 Å². The summed E-state index contributed by atoms with van der Waals surface area (Å²) in [6, 6.07) is 5.72. The summed E-state index contributed by atoms with van der Waals surface area (Å²) in [5.41, 5.74) is 0.527. The molecular weight excluding hydrogens is 298 g/mol. The molecule has 1 fully saturated rings. The molecule has 0 amide bonds. The van der Waals surface area contributed by atoms with Crippen molar-refractivity contribution >= 4 is 23.4 Å². The van der Waals surface area contributed by atoms with E-state index in [9.17, 15) is 9.90 Å². The minimum Gasteiger partial charge on any atom is -0.389 e. The Labute approximate surface area is 125 Å². The highest BCUT2D eigenvalue weighted by molar-refractivity contribution is 7.99. The van der Waals surface area contributed by atoms with Gasteiger partial charge in [-0.2, -0.15) is 0 Å². The van der Waals surface area contributed by atoms with Gasteiger partial charge in [-0.25, -0.2) is 9.89 Å². The fourth-order valence-electron chi connectivity index (χ4n) is 2.03. The summed E-state index contributed by atoms with van der Waals surface area (Å²) in [5, 5.41) is 17.3. The van der Waals surface area contributed by atoms with E-state index in [0.29, 0.717) is 15.7 Å². The number of benzene rings is 1.